The summed E-state index contributed by atoms with van der Waals surface area (Å²) in [4.78, 5) is 29.9. The van der Waals surface area contributed by atoms with Crippen LogP contribution in [0.5, 0.6) is 0 Å². The van der Waals surface area contributed by atoms with Gasteiger partial charge >= 0.3 is 6.03 Å². The molecule has 0 bridgehead atoms. The summed E-state index contributed by atoms with van der Waals surface area (Å²) in [6.45, 7) is 10.5. The van der Waals surface area contributed by atoms with E-state index >= 15 is 0 Å². The molecule has 1 aromatic carbocycles. The number of nitrogens with zero attached hydrogens (tertiary/aromatic N) is 1. The van der Waals surface area contributed by atoms with E-state index in [1.807, 2.05) is 31.2 Å². The summed E-state index contributed by atoms with van der Waals surface area (Å²) in [5.41, 5.74) is 2.69. The van der Waals surface area contributed by atoms with Gasteiger partial charge in [0.05, 0.1) is 5.69 Å². The standard InChI is InChI=1S/C22H30N4O2S/c1-13-6-8-16(9-7-13)25-20(28)26-21-23-15(3)18(29-21)19(27)24-17-10-14(2)11-22(4,5)12-17/h6-9,14,17H,10-12H2,1-5H3,(H,24,27)(H2,23,25,26,28). The number of benzene rings is 1. The van der Waals surface area contributed by atoms with Gasteiger partial charge in [-0.2, -0.15) is 0 Å². The van der Waals surface area contributed by atoms with Crippen LogP contribution in [-0.4, -0.2) is 23.0 Å². The molecule has 1 aliphatic rings. The van der Waals surface area contributed by atoms with E-state index in [9.17, 15) is 9.59 Å². The van der Waals surface area contributed by atoms with Crippen LogP contribution in [0.4, 0.5) is 15.6 Å². The number of carbonyl (C=O) groups excluding carboxylic acids is 2. The second-order valence-corrected chi connectivity index (χ2v) is 9.96. The van der Waals surface area contributed by atoms with Gasteiger partial charge in [-0.1, -0.05) is 49.8 Å². The van der Waals surface area contributed by atoms with Crippen LogP contribution in [0.2, 0.25) is 0 Å². The molecule has 2 aromatic rings. The lowest BCUT2D eigenvalue weighted by Gasteiger charge is -2.39. The van der Waals surface area contributed by atoms with E-state index in [2.05, 4.69) is 41.7 Å². The van der Waals surface area contributed by atoms with E-state index in [0.29, 0.717) is 27.3 Å². The van der Waals surface area contributed by atoms with Crippen molar-refractivity contribution in [3.05, 3.63) is 40.4 Å². The number of amides is 3. The minimum atomic E-state index is -0.377. The van der Waals surface area contributed by atoms with Gasteiger partial charge in [0.25, 0.3) is 5.91 Å². The first-order valence-corrected chi connectivity index (χ1v) is 10.9. The second kappa shape index (κ2) is 8.53. The first kappa shape index (κ1) is 21.3. The van der Waals surface area contributed by atoms with Crippen LogP contribution < -0.4 is 16.0 Å². The molecule has 6 nitrogen and oxygen atoms in total. The van der Waals surface area contributed by atoms with Crippen molar-refractivity contribution in [2.24, 2.45) is 11.3 Å². The van der Waals surface area contributed by atoms with Crippen molar-refractivity contribution in [2.45, 2.75) is 59.9 Å². The number of hydrogen-bond acceptors (Lipinski definition) is 4. The average Bonchev–Trinajstić information content (AvgIpc) is 2.95. The fraction of sp³-hybridized carbons (Fsp3) is 0.500. The Morgan fingerprint density at radius 2 is 1.79 bits per heavy atom. The van der Waals surface area contributed by atoms with Crippen molar-refractivity contribution in [1.82, 2.24) is 10.3 Å². The summed E-state index contributed by atoms with van der Waals surface area (Å²) in [7, 11) is 0. The molecule has 29 heavy (non-hydrogen) atoms. The first-order chi connectivity index (χ1) is 13.6. The van der Waals surface area contributed by atoms with Crippen molar-refractivity contribution in [3.63, 3.8) is 0 Å². The maximum absolute atomic E-state index is 12.8. The molecule has 0 saturated heterocycles. The van der Waals surface area contributed by atoms with E-state index in [1.54, 1.807) is 6.92 Å². The van der Waals surface area contributed by atoms with E-state index in [-0.39, 0.29) is 23.4 Å². The Morgan fingerprint density at radius 3 is 2.45 bits per heavy atom. The van der Waals surface area contributed by atoms with Gasteiger partial charge in [-0.3, -0.25) is 10.1 Å². The van der Waals surface area contributed by atoms with Crippen LogP contribution in [-0.2, 0) is 0 Å². The normalized spacial score (nSPS) is 20.7. The van der Waals surface area contributed by atoms with Crippen LogP contribution in [0.1, 0.15) is 61.0 Å². The zero-order valence-electron chi connectivity index (χ0n) is 17.8. The van der Waals surface area contributed by atoms with E-state index in [1.165, 1.54) is 17.8 Å². The molecular weight excluding hydrogens is 384 g/mol. The monoisotopic (exact) mass is 414 g/mol. The van der Waals surface area contributed by atoms with Crippen molar-refractivity contribution in [3.8, 4) is 0 Å². The second-order valence-electron chi connectivity index (χ2n) is 8.96. The summed E-state index contributed by atoms with van der Waals surface area (Å²) in [6.07, 6.45) is 3.16. The summed E-state index contributed by atoms with van der Waals surface area (Å²) < 4.78 is 0. The number of aromatic nitrogens is 1. The zero-order chi connectivity index (χ0) is 21.2. The molecule has 3 amide bonds. The van der Waals surface area contributed by atoms with Crippen molar-refractivity contribution in [2.75, 3.05) is 10.6 Å². The number of carbonyl (C=O) groups is 2. The Morgan fingerprint density at radius 1 is 1.10 bits per heavy atom. The molecule has 2 unspecified atom stereocenters. The number of aryl methyl sites for hydroxylation is 2. The highest BCUT2D eigenvalue weighted by Crippen LogP contribution is 2.38. The lowest BCUT2D eigenvalue weighted by atomic mass is 9.70. The maximum atomic E-state index is 12.8. The van der Waals surface area contributed by atoms with E-state index in [0.717, 1.165) is 18.4 Å². The summed E-state index contributed by atoms with van der Waals surface area (Å²) in [6, 6.07) is 7.33. The van der Waals surface area contributed by atoms with Crippen molar-refractivity contribution < 1.29 is 9.59 Å². The molecule has 7 heteroatoms. The summed E-state index contributed by atoms with van der Waals surface area (Å²) in [5, 5.41) is 9.08. The molecule has 2 atom stereocenters. The predicted molar refractivity (Wildman–Crippen MR) is 119 cm³/mol. The topological polar surface area (TPSA) is 83.1 Å². The van der Waals surface area contributed by atoms with Crippen LogP contribution in [0.15, 0.2) is 24.3 Å². The minimum Gasteiger partial charge on any atom is -0.349 e. The van der Waals surface area contributed by atoms with Gasteiger partial charge in [0, 0.05) is 11.7 Å². The Balaban J connectivity index is 1.61. The van der Waals surface area contributed by atoms with Crippen LogP contribution in [0.3, 0.4) is 0 Å². The Bertz CT molecular complexity index is 889. The molecule has 156 valence electrons. The lowest BCUT2D eigenvalue weighted by molar-refractivity contribution is 0.0877. The Hall–Kier alpha value is -2.41. The number of rotatable bonds is 4. The molecule has 1 saturated carbocycles. The number of hydrogen-bond donors (Lipinski definition) is 3. The largest absolute Gasteiger partial charge is 0.349 e. The van der Waals surface area contributed by atoms with E-state index in [4.69, 9.17) is 0 Å². The van der Waals surface area contributed by atoms with Gasteiger partial charge in [0.15, 0.2) is 5.13 Å². The molecular formula is C22H30N4O2S. The summed E-state index contributed by atoms with van der Waals surface area (Å²) >= 11 is 1.20. The molecule has 1 fully saturated rings. The van der Waals surface area contributed by atoms with Gasteiger partial charge in [-0.25, -0.2) is 9.78 Å². The maximum Gasteiger partial charge on any atom is 0.325 e. The Kier molecular flexibility index (Phi) is 6.27. The van der Waals surface area contributed by atoms with Gasteiger partial charge in [0.1, 0.15) is 4.88 Å². The fourth-order valence-corrected chi connectivity index (χ4v) is 5.13. The van der Waals surface area contributed by atoms with Crippen molar-refractivity contribution in [1.29, 1.82) is 0 Å². The van der Waals surface area contributed by atoms with Gasteiger partial charge < -0.3 is 10.6 Å². The third-order valence-electron chi connectivity index (χ3n) is 5.25. The number of nitrogens with one attached hydrogen (secondary N) is 3. The third-order valence-corrected chi connectivity index (χ3v) is 6.33. The smallest absolute Gasteiger partial charge is 0.325 e. The quantitative estimate of drug-likeness (QED) is 0.631. The number of anilines is 2. The number of urea groups is 1. The van der Waals surface area contributed by atoms with E-state index < -0.39 is 0 Å². The fourth-order valence-electron chi connectivity index (χ4n) is 4.26. The lowest BCUT2D eigenvalue weighted by Crippen LogP contribution is -2.42. The average molecular weight is 415 g/mol. The van der Waals surface area contributed by atoms with Crippen LogP contribution >= 0.6 is 11.3 Å². The summed E-state index contributed by atoms with van der Waals surface area (Å²) in [5.74, 6) is 0.483. The molecule has 1 heterocycles. The highest BCUT2D eigenvalue weighted by Gasteiger charge is 2.33. The van der Waals surface area contributed by atoms with Crippen molar-refractivity contribution >= 4 is 34.1 Å². The molecule has 3 N–H and O–H groups in total. The van der Waals surface area contributed by atoms with Gasteiger partial charge in [0.2, 0.25) is 0 Å². The highest BCUT2D eigenvalue weighted by molar-refractivity contribution is 7.17. The minimum absolute atomic E-state index is 0.109. The first-order valence-electron chi connectivity index (χ1n) is 10.0. The van der Waals surface area contributed by atoms with Gasteiger partial charge in [-0.15, -0.1) is 0 Å². The molecule has 0 radical (unpaired) electrons. The molecule has 0 aliphatic heterocycles. The molecule has 0 spiro atoms. The number of thiazole rings is 1. The predicted octanol–water partition coefficient (Wildman–Crippen LogP) is 5.35. The third kappa shape index (κ3) is 5.79. The highest BCUT2D eigenvalue weighted by atomic mass is 32.1. The van der Waals surface area contributed by atoms with Crippen LogP contribution in [0.25, 0.3) is 0 Å². The van der Waals surface area contributed by atoms with Gasteiger partial charge in [-0.05, 0) is 56.6 Å². The molecule has 3 rings (SSSR count). The zero-order valence-corrected chi connectivity index (χ0v) is 18.6. The van der Waals surface area contributed by atoms with Crippen LogP contribution in [0, 0.1) is 25.2 Å². The molecule has 1 aromatic heterocycles. The SMILES string of the molecule is Cc1ccc(NC(=O)Nc2nc(C)c(C(=O)NC3CC(C)CC(C)(C)C3)s2)cc1. The molecule has 1 aliphatic carbocycles. The Labute approximate surface area is 176 Å².